The number of halogens is 1. The van der Waals surface area contributed by atoms with Crippen molar-refractivity contribution in [3.8, 4) is 0 Å². The molecule has 0 aromatic heterocycles. The topological polar surface area (TPSA) is 29.1 Å². The predicted octanol–water partition coefficient (Wildman–Crippen LogP) is 3.90. The van der Waals surface area contributed by atoms with Crippen LogP contribution in [0.4, 0.5) is 0 Å². The van der Waals surface area contributed by atoms with Gasteiger partial charge in [-0.3, -0.25) is 4.79 Å². The van der Waals surface area contributed by atoms with Crippen LogP contribution in [-0.4, -0.2) is 18.2 Å². The quantitative estimate of drug-likeness (QED) is 0.467. The zero-order valence-electron chi connectivity index (χ0n) is 10.5. The van der Waals surface area contributed by atoms with E-state index in [-0.39, 0.29) is 5.91 Å². The van der Waals surface area contributed by atoms with Gasteiger partial charge in [0.15, 0.2) is 0 Å². The van der Waals surface area contributed by atoms with E-state index in [9.17, 15) is 4.79 Å². The second-order valence-electron chi connectivity index (χ2n) is 3.74. The number of benzene rings is 1. The van der Waals surface area contributed by atoms with Crippen molar-refractivity contribution in [2.45, 2.75) is 24.7 Å². The van der Waals surface area contributed by atoms with Gasteiger partial charge in [-0.15, -0.1) is 11.8 Å². The summed E-state index contributed by atoms with van der Waals surface area (Å²) in [5, 5.41) is 3.63. The first-order valence-electron chi connectivity index (χ1n) is 5.99. The highest BCUT2D eigenvalue weighted by Crippen LogP contribution is 2.26. The van der Waals surface area contributed by atoms with Crippen LogP contribution in [0.3, 0.4) is 0 Å². The summed E-state index contributed by atoms with van der Waals surface area (Å²) in [6.07, 6.45) is 5.43. The number of allylic oxidation sites excluding steroid dienone is 1. The Morgan fingerprint density at radius 1 is 1.44 bits per heavy atom. The zero-order valence-corrected chi connectivity index (χ0v) is 12.1. The first-order valence-corrected chi connectivity index (χ1v) is 7.35. The highest BCUT2D eigenvalue weighted by Gasteiger charge is 2.03. The van der Waals surface area contributed by atoms with E-state index in [1.165, 1.54) is 0 Å². The van der Waals surface area contributed by atoms with E-state index in [0.717, 1.165) is 22.1 Å². The third-order valence-electron chi connectivity index (χ3n) is 2.29. The van der Waals surface area contributed by atoms with Crippen LogP contribution >= 0.6 is 23.4 Å². The van der Waals surface area contributed by atoms with E-state index >= 15 is 0 Å². The fraction of sp³-hybridized carbons (Fsp3) is 0.357. The van der Waals surface area contributed by atoms with Gasteiger partial charge in [-0.25, -0.2) is 0 Å². The van der Waals surface area contributed by atoms with Gasteiger partial charge >= 0.3 is 0 Å². The molecule has 0 spiro atoms. The van der Waals surface area contributed by atoms with Crippen molar-refractivity contribution < 1.29 is 4.79 Å². The van der Waals surface area contributed by atoms with Gasteiger partial charge in [0.25, 0.3) is 0 Å². The molecule has 0 saturated heterocycles. The van der Waals surface area contributed by atoms with Crippen molar-refractivity contribution in [3.63, 3.8) is 0 Å². The van der Waals surface area contributed by atoms with E-state index in [1.54, 1.807) is 11.8 Å². The number of amides is 1. The largest absolute Gasteiger partial charge is 0.356 e. The van der Waals surface area contributed by atoms with Gasteiger partial charge in [0.1, 0.15) is 0 Å². The molecule has 98 valence electrons. The Morgan fingerprint density at radius 3 is 2.94 bits per heavy atom. The van der Waals surface area contributed by atoms with Gasteiger partial charge in [0.05, 0.1) is 5.02 Å². The molecule has 1 N–H and O–H groups in total. The number of carbonyl (C=O) groups excluding carboxylic acids is 1. The summed E-state index contributed by atoms with van der Waals surface area (Å²) in [6, 6.07) is 7.68. The van der Waals surface area contributed by atoms with Gasteiger partial charge in [-0.1, -0.05) is 35.9 Å². The molecule has 0 heterocycles. The molecule has 1 amide bonds. The smallest absolute Gasteiger partial charge is 0.220 e. The van der Waals surface area contributed by atoms with Gasteiger partial charge in [-0.05, 0) is 25.5 Å². The molecule has 0 atom stereocenters. The van der Waals surface area contributed by atoms with Crippen LogP contribution < -0.4 is 5.32 Å². The maximum absolute atomic E-state index is 11.5. The highest BCUT2D eigenvalue weighted by atomic mass is 35.5. The summed E-state index contributed by atoms with van der Waals surface area (Å²) in [6.45, 7) is 2.68. The predicted molar refractivity (Wildman–Crippen MR) is 79.2 cm³/mol. The summed E-state index contributed by atoms with van der Waals surface area (Å²) in [4.78, 5) is 12.5. The van der Waals surface area contributed by atoms with Crippen LogP contribution in [0.5, 0.6) is 0 Å². The highest BCUT2D eigenvalue weighted by molar-refractivity contribution is 7.99. The molecule has 0 aliphatic rings. The van der Waals surface area contributed by atoms with E-state index in [2.05, 4.69) is 5.32 Å². The first-order chi connectivity index (χ1) is 8.74. The second-order valence-corrected chi connectivity index (χ2v) is 5.28. The van der Waals surface area contributed by atoms with Crippen LogP contribution in [0, 0.1) is 0 Å². The molecule has 18 heavy (non-hydrogen) atoms. The average Bonchev–Trinajstić information content (AvgIpc) is 2.37. The average molecular weight is 284 g/mol. The molecular formula is C14H18ClNOS. The fourth-order valence-corrected chi connectivity index (χ4v) is 2.55. The molecule has 0 aliphatic carbocycles. The molecule has 0 fully saturated rings. The molecule has 0 saturated carbocycles. The normalized spacial score (nSPS) is 10.8. The number of hydrogen-bond donors (Lipinski definition) is 1. The molecule has 0 unspecified atom stereocenters. The van der Waals surface area contributed by atoms with Crippen molar-refractivity contribution in [2.24, 2.45) is 0 Å². The minimum absolute atomic E-state index is 0.0963. The molecule has 1 rings (SSSR count). The third-order valence-corrected chi connectivity index (χ3v) is 3.81. The Balaban J connectivity index is 2.18. The maximum Gasteiger partial charge on any atom is 0.220 e. The van der Waals surface area contributed by atoms with E-state index in [4.69, 9.17) is 11.6 Å². The van der Waals surface area contributed by atoms with Crippen molar-refractivity contribution in [3.05, 3.63) is 41.4 Å². The molecule has 0 aliphatic heterocycles. The number of thioether (sulfide) groups is 1. The van der Waals surface area contributed by atoms with Crippen LogP contribution in [0.2, 0.25) is 5.02 Å². The lowest BCUT2D eigenvalue weighted by atomic mass is 10.3. The lowest BCUT2D eigenvalue weighted by Gasteiger charge is -2.04. The lowest BCUT2D eigenvalue weighted by molar-refractivity contribution is -0.120. The molecular weight excluding hydrogens is 266 g/mol. The van der Waals surface area contributed by atoms with E-state index in [0.29, 0.717) is 13.0 Å². The summed E-state index contributed by atoms with van der Waals surface area (Å²) in [7, 11) is 0. The van der Waals surface area contributed by atoms with Gasteiger partial charge in [0, 0.05) is 23.6 Å². The Labute approximate surface area is 118 Å². The van der Waals surface area contributed by atoms with Gasteiger partial charge in [0.2, 0.25) is 5.91 Å². The maximum atomic E-state index is 11.5. The Morgan fingerprint density at radius 2 is 2.22 bits per heavy atom. The molecule has 0 bridgehead atoms. The summed E-state index contributed by atoms with van der Waals surface area (Å²) < 4.78 is 0. The number of hydrogen-bond acceptors (Lipinski definition) is 2. The minimum atomic E-state index is 0.0963. The van der Waals surface area contributed by atoms with Crippen molar-refractivity contribution in [1.82, 2.24) is 5.32 Å². The van der Waals surface area contributed by atoms with Gasteiger partial charge in [-0.2, -0.15) is 0 Å². The van der Waals surface area contributed by atoms with Crippen LogP contribution in [0.25, 0.3) is 0 Å². The van der Waals surface area contributed by atoms with E-state index < -0.39 is 0 Å². The van der Waals surface area contributed by atoms with Crippen molar-refractivity contribution in [2.75, 3.05) is 12.3 Å². The summed E-state index contributed by atoms with van der Waals surface area (Å²) in [5.41, 5.74) is 0. The van der Waals surface area contributed by atoms with Crippen LogP contribution in [-0.2, 0) is 4.79 Å². The Hall–Kier alpha value is -0.930. The standard InChI is InChI=1S/C14H18ClNOS/c1-2-3-6-10-16-14(17)9-11-18-13-8-5-4-7-12(13)15/h2-5,7-8H,6,9-11H2,1H3,(H,16,17)/b3-2+. The summed E-state index contributed by atoms with van der Waals surface area (Å²) in [5.74, 6) is 0.846. The van der Waals surface area contributed by atoms with E-state index in [1.807, 2.05) is 43.3 Å². The number of nitrogens with one attached hydrogen (secondary N) is 1. The Bertz CT molecular complexity index is 407. The molecule has 4 heteroatoms. The van der Waals surface area contributed by atoms with Gasteiger partial charge < -0.3 is 5.32 Å². The van der Waals surface area contributed by atoms with Crippen LogP contribution in [0.15, 0.2) is 41.3 Å². The summed E-state index contributed by atoms with van der Waals surface area (Å²) >= 11 is 7.64. The molecule has 1 aromatic carbocycles. The Kier molecular flexibility index (Phi) is 7.62. The molecule has 0 radical (unpaired) electrons. The number of rotatable bonds is 7. The fourth-order valence-electron chi connectivity index (χ4n) is 1.37. The second kappa shape index (κ2) is 9.06. The van der Waals surface area contributed by atoms with Crippen LogP contribution in [0.1, 0.15) is 19.8 Å². The monoisotopic (exact) mass is 283 g/mol. The minimum Gasteiger partial charge on any atom is -0.356 e. The SMILES string of the molecule is C/C=C/CCNC(=O)CCSc1ccccc1Cl. The first kappa shape index (κ1) is 15.1. The molecule has 1 aromatic rings. The van der Waals surface area contributed by atoms with Crippen molar-refractivity contribution in [1.29, 1.82) is 0 Å². The third kappa shape index (κ3) is 6.12. The lowest BCUT2D eigenvalue weighted by Crippen LogP contribution is -2.24. The zero-order chi connectivity index (χ0) is 13.2. The number of carbonyl (C=O) groups is 1. The molecule has 2 nitrogen and oxygen atoms in total. The van der Waals surface area contributed by atoms with Crippen molar-refractivity contribution >= 4 is 29.3 Å².